The average molecular weight is 384 g/mol. The van der Waals surface area contributed by atoms with Crippen LogP contribution in [0.15, 0.2) is 35.5 Å². The summed E-state index contributed by atoms with van der Waals surface area (Å²) in [5, 5.41) is -0.466. The minimum Gasteiger partial charge on any atom is -0.347 e. The third-order valence-electron chi connectivity index (χ3n) is 4.97. The van der Waals surface area contributed by atoms with Gasteiger partial charge in [-0.05, 0) is 19.1 Å². The van der Waals surface area contributed by atoms with Crippen LogP contribution in [0.3, 0.4) is 0 Å². The van der Waals surface area contributed by atoms with E-state index < -0.39 is 5.25 Å². The second-order valence-electron chi connectivity index (χ2n) is 6.59. The summed E-state index contributed by atoms with van der Waals surface area (Å²) in [5.74, 6) is -0.385. The van der Waals surface area contributed by atoms with Gasteiger partial charge in [0.25, 0.3) is 5.91 Å². The average Bonchev–Trinajstić information content (AvgIpc) is 3.25. The Balaban J connectivity index is 1.54. The lowest BCUT2D eigenvalue weighted by Crippen LogP contribution is -2.36. The van der Waals surface area contributed by atoms with Gasteiger partial charge in [-0.1, -0.05) is 12.1 Å². The highest BCUT2D eigenvalue weighted by molar-refractivity contribution is 8.00. The molecule has 2 aliphatic heterocycles. The van der Waals surface area contributed by atoms with Gasteiger partial charge in [0.15, 0.2) is 0 Å². The van der Waals surface area contributed by atoms with Crippen molar-refractivity contribution in [2.45, 2.75) is 36.5 Å². The summed E-state index contributed by atoms with van der Waals surface area (Å²) < 4.78 is 0. The van der Waals surface area contributed by atoms with Crippen LogP contribution >= 0.6 is 11.8 Å². The number of imide groups is 1. The fraction of sp³-hybridized carbons (Fsp3) is 0.368. The zero-order valence-electron chi connectivity index (χ0n) is 15.0. The first-order chi connectivity index (χ1) is 13.1. The summed E-state index contributed by atoms with van der Waals surface area (Å²) in [6.45, 7) is 3.29. The number of rotatable bonds is 4. The van der Waals surface area contributed by atoms with Gasteiger partial charge >= 0.3 is 0 Å². The number of amides is 3. The van der Waals surface area contributed by atoms with E-state index in [-0.39, 0.29) is 24.1 Å². The minimum absolute atomic E-state index is 0.0672. The molecule has 0 bridgehead atoms. The first kappa shape index (κ1) is 17.8. The normalized spacial score (nSPS) is 19.5. The van der Waals surface area contributed by atoms with Crippen LogP contribution in [0.4, 0.5) is 0 Å². The fourth-order valence-corrected chi connectivity index (χ4v) is 4.73. The number of aromatic amines is 1. The Labute approximate surface area is 161 Å². The van der Waals surface area contributed by atoms with E-state index in [2.05, 4.69) is 9.97 Å². The zero-order chi connectivity index (χ0) is 19.0. The molecule has 1 aromatic carbocycles. The van der Waals surface area contributed by atoms with Crippen molar-refractivity contribution in [1.82, 2.24) is 19.8 Å². The molecule has 1 aromatic heterocycles. The van der Waals surface area contributed by atoms with E-state index in [9.17, 15) is 14.4 Å². The van der Waals surface area contributed by atoms with Crippen molar-refractivity contribution in [2.24, 2.45) is 0 Å². The maximum atomic E-state index is 13.1. The van der Waals surface area contributed by atoms with Gasteiger partial charge in [0.2, 0.25) is 11.8 Å². The number of carbonyl (C=O) groups is 3. The third-order valence-corrected chi connectivity index (χ3v) is 6.23. The molecule has 1 unspecified atom stereocenters. The Morgan fingerprint density at radius 3 is 2.93 bits per heavy atom. The number of carbonyl (C=O) groups excluding carboxylic acids is 3. The predicted octanol–water partition coefficient (Wildman–Crippen LogP) is 1.85. The standard InChI is InChI=1S/C19H20N4O3S/c1-2-23-17(24)9-16(19(23)26)27-15-6-4-3-5-12(15)18(25)22-8-7-13-14(10-22)21-11-20-13/h3-6,11,16H,2,7-10H2,1H3,(H,20,21). The van der Waals surface area contributed by atoms with Gasteiger partial charge in [0, 0.05) is 30.8 Å². The molecule has 8 heteroatoms. The summed E-state index contributed by atoms with van der Waals surface area (Å²) in [7, 11) is 0. The second-order valence-corrected chi connectivity index (χ2v) is 7.83. The first-order valence-corrected chi connectivity index (χ1v) is 9.86. The van der Waals surface area contributed by atoms with Crippen LogP contribution in [-0.2, 0) is 22.6 Å². The molecule has 3 heterocycles. The Kier molecular flexibility index (Phi) is 4.73. The van der Waals surface area contributed by atoms with E-state index in [1.54, 1.807) is 24.2 Å². The van der Waals surface area contributed by atoms with Crippen LogP contribution in [0.2, 0.25) is 0 Å². The molecule has 2 aromatic rings. The molecule has 0 spiro atoms. The topological polar surface area (TPSA) is 86.4 Å². The van der Waals surface area contributed by atoms with Crippen LogP contribution in [0.25, 0.3) is 0 Å². The molecule has 4 rings (SSSR count). The van der Waals surface area contributed by atoms with Crippen LogP contribution in [0.5, 0.6) is 0 Å². The molecule has 2 aliphatic rings. The van der Waals surface area contributed by atoms with Gasteiger partial charge < -0.3 is 9.88 Å². The summed E-state index contributed by atoms with van der Waals surface area (Å²) in [6.07, 6.45) is 2.56. The lowest BCUT2D eigenvalue weighted by molar-refractivity contribution is -0.137. The lowest BCUT2D eigenvalue weighted by Gasteiger charge is -2.27. The van der Waals surface area contributed by atoms with Crippen molar-refractivity contribution in [3.05, 3.63) is 47.5 Å². The van der Waals surface area contributed by atoms with Crippen LogP contribution < -0.4 is 0 Å². The van der Waals surface area contributed by atoms with Crippen molar-refractivity contribution in [2.75, 3.05) is 13.1 Å². The van der Waals surface area contributed by atoms with Gasteiger partial charge in [-0.3, -0.25) is 19.3 Å². The zero-order valence-corrected chi connectivity index (χ0v) is 15.8. The van der Waals surface area contributed by atoms with Gasteiger partial charge in [0.05, 0.1) is 35.1 Å². The van der Waals surface area contributed by atoms with Gasteiger partial charge in [-0.2, -0.15) is 0 Å². The molecule has 140 valence electrons. The highest BCUT2D eigenvalue weighted by atomic mass is 32.2. The molecule has 0 aliphatic carbocycles. The maximum absolute atomic E-state index is 13.1. The second kappa shape index (κ2) is 7.19. The van der Waals surface area contributed by atoms with Crippen LogP contribution in [-0.4, -0.2) is 55.8 Å². The number of nitrogens with one attached hydrogen (secondary N) is 1. The maximum Gasteiger partial charge on any atom is 0.255 e. The number of likely N-dealkylation sites (tertiary alicyclic amines) is 1. The number of benzene rings is 1. The van der Waals surface area contributed by atoms with E-state index in [1.165, 1.54) is 16.7 Å². The molecule has 1 saturated heterocycles. The lowest BCUT2D eigenvalue weighted by atomic mass is 10.1. The molecule has 0 radical (unpaired) electrons. The van der Waals surface area contributed by atoms with E-state index in [0.29, 0.717) is 25.2 Å². The van der Waals surface area contributed by atoms with Crippen molar-refractivity contribution in [3.63, 3.8) is 0 Å². The number of H-pyrrole nitrogens is 1. The monoisotopic (exact) mass is 384 g/mol. The SMILES string of the molecule is CCN1C(=O)CC(Sc2ccccc2C(=O)N2CCc3nc[nH]c3C2)C1=O. The summed E-state index contributed by atoms with van der Waals surface area (Å²) in [6, 6.07) is 7.30. The molecular formula is C19H20N4O3S. The summed E-state index contributed by atoms with van der Waals surface area (Å²) in [5.41, 5.74) is 2.55. The largest absolute Gasteiger partial charge is 0.347 e. The number of aromatic nitrogens is 2. The molecule has 7 nitrogen and oxygen atoms in total. The fourth-order valence-electron chi connectivity index (χ4n) is 3.53. The quantitative estimate of drug-likeness (QED) is 0.813. The number of fused-ring (bicyclic) bond motifs is 1. The highest BCUT2D eigenvalue weighted by Gasteiger charge is 2.38. The smallest absolute Gasteiger partial charge is 0.255 e. The van der Waals surface area contributed by atoms with Crippen molar-refractivity contribution in [3.8, 4) is 0 Å². The van der Waals surface area contributed by atoms with E-state index in [1.807, 2.05) is 18.2 Å². The number of nitrogens with zero attached hydrogens (tertiary/aromatic N) is 3. The van der Waals surface area contributed by atoms with E-state index in [4.69, 9.17) is 0 Å². The van der Waals surface area contributed by atoms with E-state index >= 15 is 0 Å². The third kappa shape index (κ3) is 3.25. The van der Waals surface area contributed by atoms with Crippen molar-refractivity contribution >= 4 is 29.5 Å². The molecule has 1 N–H and O–H groups in total. The Morgan fingerprint density at radius 1 is 1.33 bits per heavy atom. The van der Waals surface area contributed by atoms with Gasteiger partial charge in [-0.15, -0.1) is 11.8 Å². The Morgan fingerprint density at radius 2 is 2.15 bits per heavy atom. The van der Waals surface area contributed by atoms with Crippen molar-refractivity contribution < 1.29 is 14.4 Å². The predicted molar refractivity (Wildman–Crippen MR) is 100 cm³/mol. The van der Waals surface area contributed by atoms with Crippen LogP contribution in [0, 0.1) is 0 Å². The minimum atomic E-state index is -0.466. The molecule has 1 atom stereocenters. The molecular weight excluding hydrogens is 364 g/mol. The van der Waals surface area contributed by atoms with Crippen molar-refractivity contribution in [1.29, 1.82) is 0 Å². The van der Waals surface area contributed by atoms with Crippen LogP contribution in [0.1, 0.15) is 35.1 Å². The number of thioether (sulfide) groups is 1. The van der Waals surface area contributed by atoms with Gasteiger partial charge in [0.1, 0.15) is 0 Å². The number of hydrogen-bond donors (Lipinski definition) is 1. The molecule has 3 amide bonds. The first-order valence-electron chi connectivity index (χ1n) is 8.98. The molecule has 27 heavy (non-hydrogen) atoms. The highest BCUT2D eigenvalue weighted by Crippen LogP contribution is 2.34. The van der Waals surface area contributed by atoms with E-state index in [0.717, 1.165) is 22.7 Å². The van der Waals surface area contributed by atoms with Gasteiger partial charge in [-0.25, -0.2) is 4.98 Å². The molecule has 1 fully saturated rings. The Bertz CT molecular complexity index is 910. The Hall–Kier alpha value is -2.61. The molecule has 0 saturated carbocycles. The summed E-state index contributed by atoms with van der Waals surface area (Å²) in [4.78, 5) is 48.7. The number of imidazole rings is 1. The number of hydrogen-bond acceptors (Lipinski definition) is 5. The summed E-state index contributed by atoms with van der Waals surface area (Å²) >= 11 is 1.31.